The first-order chi connectivity index (χ1) is 7.35. The molecule has 0 atom stereocenters. The SMILES string of the molecule is CCCNc1nc(C2CC2)ccc1C#N. The van der Waals surface area contributed by atoms with Gasteiger partial charge in [-0.25, -0.2) is 4.98 Å². The van der Waals surface area contributed by atoms with Crippen LogP contribution in [0.15, 0.2) is 12.1 Å². The number of aromatic nitrogens is 1. The molecule has 1 aliphatic rings. The van der Waals surface area contributed by atoms with E-state index in [4.69, 9.17) is 5.26 Å². The van der Waals surface area contributed by atoms with Gasteiger partial charge in [-0.1, -0.05) is 6.92 Å². The molecule has 0 aromatic carbocycles. The zero-order chi connectivity index (χ0) is 10.7. The van der Waals surface area contributed by atoms with Crippen LogP contribution in [-0.4, -0.2) is 11.5 Å². The second-order valence-corrected chi connectivity index (χ2v) is 3.95. The Balaban J connectivity index is 2.22. The fraction of sp³-hybridized carbons (Fsp3) is 0.500. The number of nitrogens with zero attached hydrogens (tertiary/aromatic N) is 2. The van der Waals surface area contributed by atoms with Crippen molar-refractivity contribution in [3.8, 4) is 6.07 Å². The summed E-state index contributed by atoms with van der Waals surface area (Å²) in [6, 6.07) is 6.02. The van der Waals surface area contributed by atoms with Crippen LogP contribution in [0.5, 0.6) is 0 Å². The molecule has 0 bridgehead atoms. The number of nitriles is 1. The normalized spacial score (nSPS) is 14.7. The van der Waals surface area contributed by atoms with Crippen LogP contribution in [0.4, 0.5) is 5.82 Å². The van der Waals surface area contributed by atoms with Crippen LogP contribution in [0.1, 0.15) is 43.4 Å². The number of hydrogen-bond acceptors (Lipinski definition) is 3. The van der Waals surface area contributed by atoms with E-state index in [1.54, 1.807) is 0 Å². The van der Waals surface area contributed by atoms with E-state index in [0.29, 0.717) is 11.5 Å². The smallest absolute Gasteiger partial charge is 0.144 e. The molecule has 0 amide bonds. The molecular formula is C12H15N3. The molecule has 3 heteroatoms. The Morgan fingerprint density at radius 2 is 2.33 bits per heavy atom. The molecule has 1 aliphatic carbocycles. The highest BCUT2D eigenvalue weighted by Gasteiger charge is 2.25. The molecule has 1 N–H and O–H groups in total. The molecule has 1 aromatic heterocycles. The molecule has 0 spiro atoms. The van der Waals surface area contributed by atoms with Crippen molar-refractivity contribution in [2.75, 3.05) is 11.9 Å². The van der Waals surface area contributed by atoms with E-state index in [1.165, 1.54) is 12.8 Å². The summed E-state index contributed by atoms with van der Waals surface area (Å²) in [5.41, 5.74) is 1.78. The van der Waals surface area contributed by atoms with E-state index >= 15 is 0 Å². The number of pyridine rings is 1. The van der Waals surface area contributed by atoms with Gasteiger partial charge < -0.3 is 5.32 Å². The second kappa shape index (κ2) is 4.31. The van der Waals surface area contributed by atoms with Gasteiger partial charge in [0.05, 0.1) is 5.56 Å². The van der Waals surface area contributed by atoms with Gasteiger partial charge >= 0.3 is 0 Å². The van der Waals surface area contributed by atoms with Crippen molar-refractivity contribution in [3.63, 3.8) is 0 Å². The first-order valence-corrected chi connectivity index (χ1v) is 5.50. The molecule has 2 rings (SSSR count). The van der Waals surface area contributed by atoms with Gasteiger partial charge in [-0.15, -0.1) is 0 Å². The maximum absolute atomic E-state index is 8.93. The fourth-order valence-corrected chi connectivity index (χ4v) is 1.55. The van der Waals surface area contributed by atoms with Gasteiger partial charge in [-0.2, -0.15) is 5.26 Å². The molecule has 1 saturated carbocycles. The van der Waals surface area contributed by atoms with Crippen LogP contribution in [0.25, 0.3) is 0 Å². The number of nitrogens with one attached hydrogen (secondary N) is 1. The topological polar surface area (TPSA) is 48.7 Å². The van der Waals surface area contributed by atoms with Gasteiger partial charge in [0, 0.05) is 18.2 Å². The summed E-state index contributed by atoms with van der Waals surface area (Å²) < 4.78 is 0. The third kappa shape index (κ3) is 2.27. The molecule has 15 heavy (non-hydrogen) atoms. The van der Waals surface area contributed by atoms with Crippen LogP contribution in [0, 0.1) is 11.3 Å². The zero-order valence-electron chi connectivity index (χ0n) is 8.95. The Bertz CT molecular complexity index is 388. The number of anilines is 1. The summed E-state index contributed by atoms with van der Waals surface area (Å²) in [7, 11) is 0. The maximum Gasteiger partial charge on any atom is 0.144 e. The summed E-state index contributed by atoms with van der Waals surface area (Å²) in [5, 5.41) is 12.1. The highest BCUT2D eigenvalue weighted by molar-refractivity contribution is 5.52. The summed E-state index contributed by atoms with van der Waals surface area (Å²) in [6.45, 7) is 2.97. The second-order valence-electron chi connectivity index (χ2n) is 3.95. The van der Waals surface area contributed by atoms with Crippen molar-refractivity contribution in [2.24, 2.45) is 0 Å². The predicted octanol–water partition coefficient (Wildman–Crippen LogP) is 2.65. The van der Waals surface area contributed by atoms with Crippen LogP contribution >= 0.6 is 0 Å². The minimum absolute atomic E-state index is 0.639. The monoisotopic (exact) mass is 201 g/mol. The number of hydrogen-bond donors (Lipinski definition) is 1. The minimum Gasteiger partial charge on any atom is -0.369 e. The average Bonchev–Trinajstić information content (AvgIpc) is 3.09. The van der Waals surface area contributed by atoms with E-state index in [-0.39, 0.29) is 0 Å². The average molecular weight is 201 g/mol. The Kier molecular flexibility index (Phi) is 2.86. The molecule has 3 nitrogen and oxygen atoms in total. The van der Waals surface area contributed by atoms with E-state index in [0.717, 1.165) is 24.5 Å². The Hall–Kier alpha value is -1.56. The van der Waals surface area contributed by atoms with Gasteiger partial charge in [0.15, 0.2) is 0 Å². The van der Waals surface area contributed by atoms with E-state index in [9.17, 15) is 0 Å². The molecule has 0 radical (unpaired) electrons. The lowest BCUT2D eigenvalue weighted by Gasteiger charge is -2.07. The Morgan fingerprint density at radius 3 is 2.93 bits per heavy atom. The molecular weight excluding hydrogens is 186 g/mol. The molecule has 0 saturated heterocycles. The third-order valence-electron chi connectivity index (χ3n) is 2.58. The highest BCUT2D eigenvalue weighted by atomic mass is 15.0. The molecule has 78 valence electrons. The molecule has 0 aliphatic heterocycles. The summed E-state index contributed by atoms with van der Waals surface area (Å²) in [4.78, 5) is 4.51. The molecule has 1 heterocycles. The lowest BCUT2D eigenvalue weighted by atomic mass is 10.2. The van der Waals surface area contributed by atoms with Crippen molar-refractivity contribution >= 4 is 5.82 Å². The van der Waals surface area contributed by atoms with Crippen molar-refractivity contribution in [1.29, 1.82) is 5.26 Å². The lowest BCUT2D eigenvalue weighted by Crippen LogP contribution is -2.05. The highest BCUT2D eigenvalue weighted by Crippen LogP contribution is 2.39. The van der Waals surface area contributed by atoms with Crippen LogP contribution < -0.4 is 5.32 Å². The van der Waals surface area contributed by atoms with E-state index in [2.05, 4.69) is 23.3 Å². The van der Waals surface area contributed by atoms with Crippen molar-refractivity contribution in [1.82, 2.24) is 4.98 Å². The summed E-state index contributed by atoms with van der Waals surface area (Å²) >= 11 is 0. The van der Waals surface area contributed by atoms with Gasteiger partial charge in [-0.05, 0) is 31.4 Å². The summed E-state index contributed by atoms with van der Waals surface area (Å²) in [5.74, 6) is 1.39. The van der Waals surface area contributed by atoms with E-state index < -0.39 is 0 Å². The van der Waals surface area contributed by atoms with E-state index in [1.807, 2.05) is 12.1 Å². The van der Waals surface area contributed by atoms with Crippen LogP contribution in [-0.2, 0) is 0 Å². The Morgan fingerprint density at radius 1 is 1.53 bits per heavy atom. The van der Waals surface area contributed by atoms with Gasteiger partial charge in [0.2, 0.25) is 0 Å². The third-order valence-corrected chi connectivity index (χ3v) is 2.58. The lowest BCUT2D eigenvalue weighted by molar-refractivity contribution is 0.951. The summed E-state index contributed by atoms with van der Waals surface area (Å²) in [6.07, 6.45) is 3.53. The molecule has 1 fully saturated rings. The van der Waals surface area contributed by atoms with Gasteiger partial charge in [0.1, 0.15) is 11.9 Å². The van der Waals surface area contributed by atoms with Gasteiger partial charge in [0.25, 0.3) is 0 Å². The standard InChI is InChI=1S/C12H15N3/c1-2-7-14-12-10(8-13)5-6-11(15-12)9-3-4-9/h5-6,9H,2-4,7H2,1H3,(H,14,15). The molecule has 1 aromatic rings. The van der Waals surface area contributed by atoms with Gasteiger partial charge in [-0.3, -0.25) is 0 Å². The fourth-order valence-electron chi connectivity index (χ4n) is 1.55. The first-order valence-electron chi connectivity index (χ1n) is 5.50. The van der Waals surface area contributed by atoms with Crippen LogP contribution in [0.3, 0.4) is 0 Å². The number of rotatable bonds is 4. The first kappa shape index (κ1) is 9.97. The predicted molar refractivity (Wildman–Crippen MR) is 59.7 cm³/mol. The van der Waals surface area contributed by atoms with Crippen LogP contribution in [0.2, 0.25) is 0 Å². The van der Waals surface area contributed by atoms with Crippen molar-refractivity contribution < 1.29 is 0 Å². The maximum atomic E-state index is 8.93. The minimum atomic E-state index is 0.639. The molecule has 0 unspecified atom stereocenters. The van der Waals surface area contributed by atoms with Crippen molar-refractivity contribution in [2.45, 2.75) is 32.1 Å². The van der Waals surface area contributed by atoms with Crippen molar-refractivity contribution in [3.05, 3.63) is 23.4 Å². The Labute approximate surface area is 90.1 Å². The quantitative estimate of drug-likeness (QED) is 0.814. The largest absolute Gasteiger partial charge is 0.369 e. The zero-order valence-corrected chi connectivity index (χ0v) is 8.95.